The van der Waals surface area contributed by atoms with Crippen molar-refractivity contribution in [2.45, 2.75) is 38.6 Å². The van der Waals surface area contributed by atoms with Gasteiger partial charge in [-0.15, -0.1) is 0 Å². The van der Waals surface area contributed by atoms with Gasteiger partial charge in [0, 0.05) is 6.04 Å². The standard InChI is InChI=1S/C13H21N/c1-3-7-13(14-2)11-10-12-8-5-4-6-9-12/h4-6,8-9,13-14H,3,7,10-11H2,1-2H3. The van der Waals surface area contributed by atoms with Crippen molar-refractivity contribution in [3.8, 4) is 0 Å². The van der Waals surface area contributed by atoms with Gasteiger partial charge in [0.2, 0.25) is 0 Å². The third-order valence-electron chi connectivity index (χ3n) is 2.67. The number of nitrogens with one attached hydrogen (secondary N) is 1. The lowest BCUT2D eigenvalue weighted by molar-refractivity contribution is 0.484. The van der Waals surface area contributed by atoms with E-state index in [1.54, 1.807) is 0 Å². The highest BCUT2D eigenvalue weighted by atomic mass is 14.9. The summed E-state index contributed by atoms with van der Waals surface area (Å²) in [5, 5.41) is 3.37. The third-order valence-corrected chi connectivity index (χ3v) is 2.67. The van der Waals surface area contributed by atoms with Crippen LogP contribution < -0.4 is 5.32 Å². The van der Waals surface area contributed by atoms with Crippen LogP contribution >= 0.6 is 0 Å². The topological polar surface area (TPSA) is 12.0 Å². The largest absolute Gasteiger partial charge is 0.317 e. The molecular formula is C13H21N. The van der Waals surface area contributed by atoms with Gasteiger partial charge >= 0.3 is 0 Å². The number of hydrogen-bond acceptors (Lipinski definition) is 1. The summed E-state index contributed by atoms with van der Waals surface area (Å²) in [6.07, 6.45) is 4.98. The minimum absolute atomic E-state index is 0.681. The zero-order chi connectivity index (χ0) is 10.2. The summed E-state index contributed by atoms with van der Waals surface area (Å²) in [5.41, 5.74) is 1.45. The van der Waals surface area contributed by atoms with Crippen LogP contribution in [0.5, 0.6) is 0 Å². The van der Waals surface area contributed by atoms with Crippen LogP contribution in [0, 0.1) is 0 Å². The number of rotatable bonds is 6. The summed E-state index contributed by atoms with van der Waals surface area (Å²) in [5.74, 6) is 0. The molecule has 0 amide bonds. The van der Waals surface area contributed by atoms with Crippen LogP contribution in [0.4, 0.5) is 0 Å². The highest BCUT2D eigenvalue weighted by Gasteiger charge is 2.03. The van der Waals surface area contributed by atoms with Gasteiger partial charge in [0.15, 0.2) is 0 Å². The first-order chi connectivity index (χ1) is 6.86. The Bertz CT molecular complexity index is 230. The van der Waals surface area contributed by atoms with E-state index in [0.717, 1.165) is 0 Å². The molecule has 0 saturated heterocycles. The molecule has 0 aromatic heterocycles. The fraction of sp³-hybridized carbons (Fsp3) is 0.538. The lowest BCUT2D eigenvalue weighted by atomic mass is 10.0. The molecule has 0 aliphatic heterocycles. The SMILES string of the molecule is CCCC(CCc1ccccc1)NC. The molecule has 1 rings (SSSR count). The molecule has 0 aliphatic rings. The lowest BCUT2D eigenvalue weighted by Crippen LogP contribution is -2.25. The predicted molar refractivity (Wildman–Crippen MR) is 62.5 cm³/mol. The van der Waals surface area contributed by atoms with E-state index in [2.05, 4.69) is 49.6 Å². The van der Waals surface area contributed by atoms with Crippen molar-refractivity contribution in [1.82, 2.24) is 5.32 Å². The van der Waals surface area contributed by atoms with Crippen LogP contribution in [0.1, 0.15) is 31.7 Å². The summed E-state index contributed by atoms with van der Waals surface area (Å²) >= 11 is 0. The van der Waals surface area contributed by atoms with Crippen molar-refractivity contribution in [3.05, 3.63) is 35.9 Å². The smallest absolute Gasteiger partial charge is 0.00671 e. The Hall–Kier alpha value is -0.820. The molecule has 1 aromatic carbocycles. The maximum atomic E-state index is 3.37. The van der Waals surface area contributed by atoms with E-state index in [4.69, 9.17) is 0 Å². The monoisotopic (exact) mass is 191 g/mol. The van der Waals surface area contributed by atoms with Crippen molar-refractivity contribution in [1.29, 1.82) is 0 Å². The molecule has 0 spiro atoms. The normalized spacial score (nSPS) is 12.7. The summed E-state index contributed by atoms with van der Waals surface area (Å²) in [6, 6.07) is 11.4. The molecule has 14 heavy (non-hydrogen) atoms. The van der Waals surface area contributed by atoms with E-state index in [0.29, 0.717) is 6.04 Å². The molecule has 1 aromatic rings. The number of benzene rings is 1. The Morgan fingerprint density at radius 1 is 1.14 bits per heavy atom. The second kappa shape index (κ2) is 6.61. The Morgan fingerprint density at radius 3 is 2.43 bits per heavy atom. The van der Waals surface area contributed by atoms with Crippen LogP contribution in [-0.4, -0.2) is 13.1 Å². The molecule has 1 nitrogen and oxygen atoms in total. The van der Waals surface area contributed by atoms with Crippen molar-refractivity contribution in [3.63, 3.8) is 0 Å². The highest BCUT2D eigenvalue weighted by molar-refractivity contribution is 5.14. The second-order valence-corrected chi connectivity index (χ2v) is 3.80. The van der Waals surface area contributed by atoms with Gasteiger partial charge in [-0.1, -0.05) is 43.7 Å². The molecule has 78 valence electrons. The van der Waals surface area contributed by atoms with Crippen molar-refractivity contribution < 1.29 is 0 Å². The van der Waals surface area contributed by atoms with Crippen molar-refractivity contribution >= 4 is 0 Å². The van der Waals surface area contributed by atoms with Gasteiger partial charge in [0.25, 0.3) is 0 Å². The van der Waals surface area contributed by atoms with E-state index in [1.807, 2.05) is 0 Å². The average Bonchev–Trinajstić information content (AvgIpc) is 2.25. The molecule has 0 heterocycles. The molecule has 1 unspecified atom stereocenters. The van der Waals surface area contributed by atoms with Crippen LogP contribution in [0.25, 0.3) is 0 Å². The summed E-state index contributed by atoms with van der Waals surface area (Å²) in [4.78, 5) is 0. The van der Waals surface area contributed by atoms with E-state index in [-0.39, 0.29) is 0 Å². The average molecular weight is 191 g/mol. The molecule has 1 heteroatoms. The van der Waals surface area contributed by atoms with Crippen LogP contribution in [0.3, 0.4) is 0 Å². The molecule has 0 fully saturated rings. The second-order valence-electron chi connectivity index (χ2n) is 3.80. The van der Waals surface area contributed by atoms with Gasteiger partial charge in [-0.2, -0.15) is 0 Å². The molecule has 0 bridgehead atoms. The first kappa shape index (κ1) is 11.3. The summed E-state index contributed by atoms with van der Waals surface area (Å²) in [6.45, 7) is 2.24. The highest BCUT2D eigenvalue weighted by Crippen LogP contribution is 2.08. The first-order valence-electron chi connectivity index (χ1n) is 5.58. The van der Waals surface area contributed by atoms with Gasteiger partial charge in [-0.05, 0) is 31.9 Å². The Balaban J connectivity index is 2.32. The van der Waals surface area contributed by atoms with Crippen molar-refractivity contribution in [2.75, 3.05) is 7.05 Å². The Kier molecular flexibility index (Phi) is 5.31. The van der Waals surface area contributed by atoms with Gasteiger partial charge in [-0.25, -0.2) is 0 Å². The molecule has 1 atom stereocenters. The Morgan fingerprint density at radius 2 is 1.86 bits per heavy atom. The quantitative estimate of drug-likeness (QED) is 0.729. The van der Waals surface area contributed by atoms with Gasteiger partial charge in [0.1, 0.15) is 0 Å². The predicted octanol–water partition coefficient (Wildman–Crippen LogP) is 3.01. The fourth-order valence-corrected chi connectivity index (χ4v) is 1.77. The molecule has 1 N–H and O–H groups in total. The maximum Gasteiger partial charge on any atom is 0.00671 e. The van der Waals surface area contributed by atoms with E-state index < -0.39 is 0 Å². The van der Waals surface area contributed by atoms with Crippen LogP contribution in [0.2, 0.25) is 0 Å². The minimum Gasteiger partial charge on any atom is -0.317 e. The fourth-order valence-electron chi connectivity index (χ4n) is 1.77. The van der Waals surface area contributed by atoms with Crippen LogP contribution in [0.15, 0.2) is 30.3 Å². The first-order valence-corrected chi connectivity index (χ1v) is 5.58. The van der Waals surface area contributed by atoms with E-state index >= 15 is 0 Å². The van der Waals surface area contributed by atoms with Gasteiger partial charge in [-0.3, -0.25) is 0 Å². The van der Waals surface area contributed by atoms with E-state index in [1.165, 1.54) is 31.2 Å². The minimum atomic E-state index is 0.681. The zero-order valence-corrected chi connectivity index (χ0v) is 9.29. The van der Waals surface area contributed by atoms with Crippen molar-refractivity contribution in [2.24, 2.45) is 0 Å². The van der Waals surface area contributed by atoms with Crippen LogP contribution in [-0.2, 0) is 6.42 Å². The molecule has 0 aliphatic carbocycles. The molecule has 0 saturated carbocycles. The van der Waals surface area contributed by atoms with E-state index in [9.17, 15) is 0 Å². The summed E-state index contributed by atoms with van der Waals surface area (Å²) in [7, 11) is 2.06. The molecular weight excluding hydrogens is 170 g/mol. The Labute approximate surface area is 87.5 Å². The third kappa shape index (κ3) is 3.93. The lowest BCUT2D eigenvalue weighted by Gasteiger charge is -2.14. The summed E-state index contributed by atoms with van der Waals surface area (Å²) < 4.78 is 0. The zero-order valence-electron chi connectivity index (χ0n) is 9.29. The maximum absolute atomic E-state index is 3.37. The molecule has 0 radical (unpaired) electrons. The van der Waals surface area contributed by atoms with Gasteiger partial charge < -0.3 is 5.32 Å². The van der Waals surface area contributed by atoms with Gasteiger partial charge in [0.05, 0.1) is 0 Å². The number of aryl methyl sites for hydroxylation is 1. The number of hydrogen-bond donors (Lipinski definition) is 1.